The van der Waals surface area contributed by atoms with Crippen LogP contribution in [0.1, 0.15) is 30.6 Å². The first-order chi connectivity index (χ1) is 10.4. The molecule has 1 aromatic rings. The molecule has 2 rings (SSSR count). The third kappa shape index (κ3) is 3.63. The van der Waals surface area contributed by atoms with Gasteiger partial charge < -0.3 is 10.6 Å². The van der Waals surface area contributed by atoms with E-state index in [-0.39, 0.29) is 11.3 Å². The predicted octanol–water partition coefficient (Wildman–Crippen LogP) is 1.03. The van der Waals surface area contributed by atoms with Crippen LogP contribution in [0.4, 0.5) is 5.69 Å². The van der Waals surface area contributed by atoms with Crippen LogP contribution in [0.2, 0.25) is 0 Å². The van der Waals surface area contributed by atoms with Crippen LogP contribution in [0.25, 0.3) is 0 Å². The number of carbonyl (C=O) groups is 3. The van der Waals surface area contributed by atoms with E-state index in [4.69, 9.17) is 5.73 Å². The highest BCUT2D eigenvalue weighted by atomic mass is 16.2. The summed E-state index contributed by atoms with van der Waals surface area (Å²) in [7, 11) is 0. The van der Waals surface area contributed by atoms with Gasteiger partial charge in [0, 0.05) is 18.8 Å². The lowest BCUT2D eigenvalue weighted by Crippen LogP contribution is -2.50. The average molecular weight is 303 g/mol. The highest BCUT2D eigenvalue weighted by Gasteiger charge is 2.30. The standard InChI is InChI=1S/C16H21N3O3/c1-10-7-11(2)9-19(8-10)16(22)15(21)18-14(20)12-5-3-4-6-13(12)17/h3-6,10-11H,7-9,17H2,1-2H3,(H,18,20,21). The van der Waals surface area contributed by atoms with Gasteiger partial charge >= 0.3 is 11.8 Å². The van der Waals surface area contributed by atoms with Gasteiger partial charge in [-0.25, -0.2) is 0 Å². The number of anilines is 1. The van der Waals surface area contributed by atoms with E-state index < -0.39 is 17.7 Å². The van der Waals surface area contributed by atoms with Crippen molar-refractivity contribution in [3.8, 4) is 0 Å². The fourth-order valence-electron chi connectivity index (χ4n) is 2.90. The molecule has 1 heterocycles. The van der Waals surface area contributed by atoms with Crippen LogP contribution in [0, 0.1) is 11.8 Å². The summed E-state index contributed by atoms with van der Waals surface area (Å²) in [6.07, 6.45) is 1.03. The average Bonchev–Trinajstić information content (AvgIpc) is 2.45. The van der Waals surface area contributed by atoms with E-state index in [1.807, 2.05) is 13.8 Å². The highest BCUT2D eigenvalue weighted by molar-refractivity contribution is 6.38. The molecule has 2 unspecified atom stereocenters. The fraction of sp³-hybridized carbons (Fsp3) is 0.438. The number of piperidine rings is 1. The van der Waals surface area contributed by atoms with Gasteiger partial charge in [-0.05, 0) is 30.4 Å². The smallest absolute Gasteiger partial charge is 0.316 e. The minimum absolute atomic E-state index is 0.184. The summed E-state index contributed by atoms with van der Waals surface area (Å²) in [5.74, 6) is -1.53. The summed E-state index contributed by atoms with van der Waals surface area (Å²) in [6, 6.07) is 6.41. The van der Waals surface area contributed by atoms with Crippen molar-refractivity contribution in [1.82, 2.24) is 10.2 Å². The second-order valence-electron chi connectivity index (χ2n) is 6.03. The lowest BCUT2D eigenvalue weighted by molar-refractivity contribution is -0.147. The van der Waals surface area contributed by atoms with Crippen LogP contribution in [0.15, 0.2) is 24.3 Å². The Balaban J connectivity index is 2.01. The first-order valence-corrected chi connectivity index (χ1v) is 7.37. The molecule has 0 saturated carbocycles. The zero-order chi connectivity index (χ0) is 16.3. The third-order valence-electron chi connectivity index (χ3n) is 3.78. The van der Waals surface area contributed by atoms with Gasteiger partial charge in [0.15, 0.2) is 0 Å². The van der Waals surface area contributed by atoms with Crippen molar-refractivity contribution in [3.63, 3.8) is 0 Å². The summed E-state index contributed by atoms with van der Waals surface area (Å²) in [5, 5.41) is 2.11. The van der Waals surface area contributed by atoms with Gasteiger partial charge in [-0.1, -0.05) is 26.0 Å². The molecule has 3 amide bonds. The molecule has 2 atom stereocenters. The van der Waals surface area contributed by atoms with E-state index in [0.29, 0.717) is 24.9 Å². The highest BCUT2D eigenvalue weighted by Crippen LogP contribution is 2.20. The number of hydrogen-bond donors (Lipinski definition) is 2. The Morgan fingerprint density at radius 2 is 1.73 bits per heavy atom. The van der Waals surface area contributed by atoms with Gasteiger partial charge in [0.05, 0.1) is 5.56 Å². The van der Waals surface area contributed by atoms with E-state index in [2.05, 4.69) is 5.32 Å². The number of para-hydroxylation sites is 1. The lowest BCUT2D eigenvalue weighted by atomic mass is 9.92. The summed E-state index contributed by atoms with van der Waals surface area (Å²) < 4.78 is 0. The number of imide groups is 1. The molecule has 1 fully saturated rings. The fourth-order valence-corrected chi connectivity index (χ4v) is 2.90. The lowest BCUT2D eigenvalue weighted by Gasteiger charge is -2.34. The molecule has 0 bridgehead atoms. The SMILES string of the molecule is CC1CC(C)CN(C(=O)C(=O)NC(=O)c2ccccc2N)C1. The van der Waals surface area contributed by atoms with Gasteiger partial charge in [-0.15, -0.1) is 0 Å². The third-order valence-corrected chi connectivity index (χ3v) is 3.78. The van der Waals surface area contributed by atoms with Crippen molar-refractivity contribution < 1.29 is 14.4 Å². The topological polar surface area (TPSA) is 92.5 Å². The van der Waals surface area contributed by atoms with Gasteiger partial charge in [0.1, 0.15) is 0 Å². The largest absolute Gasteiger partial charge is 0.398 e. The van der Waals surface area contributed by atoms with Crippen molar-refractivity contribution in [2.45, 2.75) is 20.3 Å². The van der Waals surface area contributed by atoms with Crippen molar-refractivity contribution in [1.29, 1.82) is 0 Å². The minimum Gasteiger partial charge on any atom is -0.398 e. The second-order valence-corrected chi connectivity index (χ2v) is 6.03. The molecule has 1 aromatic carbocycles. The summed E-state index contributed by atoms with van der Waals surface area (Å²) in [6.45, 7) is 5.17. The number of amides is 3. The first kappa shape index (κ1) is 16.0. The van der Waals surface area contributed by atoms with Crippen LogP contribution in [0.5, 0.6) is 0 Å². The van der Waals surface area contributed by atoms with E-state index in [0.717, 1.165) is 6.42 Å². The van der Waals surface area contributed by atoms with E-state index in [1.165, 1.54) is 11.0 Å². The predicted molar refractivity (Wildman–Crippen MR) is 82.9 cm³/mol. The number of benzene rings is 1. The van der Waals surface area contributed by atoms with Crippen molar-refractivity contribution in [2.24, 2.45) is 11.8 Å². The monoisotopic (exact) mass is 303 g/mol. The Morgan fingerprint density at radius 1 is 1.14 bits per heavy atom. The second kappa shape index (κ2) is 6.60. The molecule has 0 aromatic heterocycles. The molecule has 3 N–H and O–H groups in total. The number of likely N-dealkylation sites (tertiary alicyclic amines) is 1. The zero-order valence-corrected chi connectivity index (χ0v) is 12.8. The Kier molecular flexibility index (Phi) is 4.80. The van der Waals surface area contributed by atoms with Crippen molar-refractivity contribution in [2.75, 3.05) is 18.8 Å². The van der Waals surface area contributed by atoms with Crippen molar-refractivity contribution >= 4 is 23.4 Å². The van der Waals surface area contributed by atoms with E-state index >= 15 is 0 Å². The maximum absolute atomic E-state index is 12.2. The summed E-state index contributed by atoms with van der Waals surface area (Å²) in [4.78, 5) is 37.7. The molecule has 1 aliphatic heterocycles. The molecule has 6 nitrogen and oxygen atoms in total. The van der Waals surface area contributed by atoms with E-state index in [1.54, 1.807) is 18.2 Å². The molecule has 1 aliphatic rings. The Bertz CT molecular complexity index is 590. The maximum Gasteiger partial charge on any atom is 0.316 e. The molecule has 1 saturated heterocycles. The number of carbonyl (C=O) groups excluding carboxylic acids is 3. The molecule has 0 radical (unpaired) electrons. The van der Waals surface area contributed by atoms with Crippen LogP contribution >= 0.6 is 0 Å². The van der Waals surface area contributed by atoms with Crippen LogP contribution in [-0.2, 0) is 9.59 Å². The van der Waals surface area contributed by atoms with E-state index in [9.17, 15) is 14.4 Å². The molecule has 6 heteroatoms. The number of nitrogens with two attached hydrogens (primary N) is 1. The quantitative estimate of drug-likeness (QED) is 0.598. The molecule has 22 heavy (non-hydrogen) atoms. The number of hydrogen-bond acceptors (Lipinski definition) is 4. The number of nitrogens with one attached hydrogen (secondary N) is 1. The number of nitrogen functional groups attached to an aromatic ring is 1. The van der Waals surface area contributed by atoms with Gasteiger partial charge in [0.25, 0.3) is 5.91 Å². The van der Waals surface area contributed by atoms with Crippen LogP contribution in [-0.4, -0.2) is 35.7 Å². The Morgan fingerprint density at radius 3 is 2.32 bits per heavy atom. The summed E-state index contributed by atoms with van der Waals surface area (Å²) in [5.41, 5.74) is 6.13. The van der Waals surface area contributed by atoms with Crippen LogP contribution < -0.4 is 11.1 Å². The molecular formula is C16H21N3O3. The van der Waals surface area contributed by atoms with Crippen molar-refractivity contribution in [3.05, 3.63) is 29.8 Å². The zero-order valence-electron chi connectivity index (χ0n) is 12.8. The van der Waals surface area contributed by atoms with Crippen LogP contribution in [0.3, 0.4) is 0 Å². The van der Waals surface area contributed by atoms with Gasteiger partial charge in [-0.2, -0.15) is 0 Å². The van der Waals surface area contributed by atoms with Gasteiger partial charge in [0.2, 0.25) is 0 Å². The van der Waals surface area contributed by atoms with Gasteiger partial charge in [-0.3, -0.25) is 19.7 Å². The minimum atomic E-state index is -0.908. The first-order valence-electron chi connectivity index (χ1n) is 7.37. The molecular weight excluding hydrogens is 282 g/mol. The molecule has 118 valence electrons. The molecule has 0 spiro atoms. The maximum atomic E-state index is 12.2. The Hall–Kier alpha value is -2.37. The summed E-state index contributed by atoms with van der Waals surface area (Å²) >= 11 is 0. The normalized spacial score (nSPS) is 21.3. The number of rotatable bonds is 1. The Labute approximate surface area is 129 Å². The number of nitrogens with zero attached hydrogens (tertiary/aromatic N) is 1. The molecule has 0 aliphatic carbocycles.